The van der Waals surface area contributed by atoms with Crippen molar-refractivity contribution in [1.29, 1.82) is 0 Å². The molecule has 1 aliphatic heterocycles. The van der Waals surface area contributed by atoms with Gasteiger partial charge >= 0.3 is 0 Å². The van der Waals surface area contributed by atoms with E-state index < -0.39 is 0 Å². The highest BCUT2D eigenvalue weighted by Crippen LogP contribution is 2.10. The van der Waals surface area contributed by atoms with Crippen molar-refractivity contribution in [2.75, 3.05) is 6.54 Å². The van der Waals surface area contributed by atoms with Gasteiger partial charge < -0.3 is 5.32 Å². The molecular weight excluding hydrogens is 110 g/mol. The van der Waals surface area contributed by atoms with Crippen LogP contribution in [0.2, 0.25) is 0 Å². The van der Waals surface area contributed by atoms with E-state index in [1.54, 1.807) is 0 Å². The molecule has 0 aromatic rings. The Morgan fingerprint density at radius 1 is 1.33 bits per heavy atom. The van der Waals surface area contributed by atoms with Crippen LogP contribution in [-0.2, 0) is 0 Å². The normalized spacial score (nSPS) is 24.3. The molecule has 9 heavy (non-hydrogen) atoms. The van der Waals surface area contributed by atoms with E-state index >= 15 is 0 Å². The maximum Gasteiger partial charge on any atom is 0.0193 e. The van der Waals surface area contributed by atoms with Gasteiger partial charge in [-0.1, -0.05) is 32.6 Å². The van der Waals surface area contributed by atoms with E-state index in [-0.39, 0.29) is 0 Å². The van der Waals surface area contributed by atoms with Gasteiger partial charge in [0, 0.05) is 12.6 Å². The summed E-state index contributed by atoms with van der Waals surface area (Å²) in [5.74, 6) is 0. The fourth-order valence-electron chi connectivity index (χ4n) is 1.10. The van der Waals surface area contributed by atoms with Gasteiger partial charge in [0.05, 0.1) is 0 Å². The third kappa shape index (κ3) is 3.52. The van der Waals surface area contributed by atoms with Crippen LogP contribution in [-0.4, -0.2) is 12.6 Å². The Morgan fingerprint density at radius 2 is 2.11 bits per heavy atom. The number of unbranched alkanes of at least 4 members (excludes halogenated alkanes) is 3. The fourth-order valence-corrected chi connectivity index (χ4v) is 1.10. The minimum atomic E-state index is 0.904. The Kier molecular flexibility index (Phi) is 3.05. The second kappa shape index (κ2) is 3.89. The zero-order chi connectivity index (χ0) is 6.53. The molecule has 0 bridgehead atoms. The molecule has 0 aromatic carbocycles. The quantitative estimate of drug-likeness (QED) is 0.442. The Labute approximate surface area is 57.8 Å². The topological polar surface area (TPSA) is 21.9 Å². The van der Waals surface area contributed by atoms with Crippen molar-refractivity contribution in [3.63, 3.8) is 0 Å². The van der Waals surface area contributed by atoms with Crippen LogP contribution in [0.1, 0.15) is 39.0 Å². The van der Waals surface area contributed by atoms with E-state index in [2.05, 4.69) is 12.2 Å². The molecule has 1 unspecified atom stereocenters. The average molecular weight is 127 g/mol. The van der Waals surface area contributed by atoms with E-state index in [9.17, 15) is 0 Å². The minimum Gasteiger partial charge on any atom is -0.311 e. The third-order valence-electron chi connectivity index (χ3n) is 1.90. The summed E-state index contributed by atoms with van der Waals surface area (Å²) in [5.41, 5.74) is 0. The number of nitrogens with one attached hydrogen (secondary N) is 1. The third-order valence-corrected chi connectivity index (χ3v) is 1.90. The summed E-state index contributed by atoms with van der Waals surface area (Å²) in [6, 6.07) is 0.904. The molecule has 1 saturated heterocycles. The SMILES string of the molecule is CCCCCCC1CN1. The van der Waals surface area contributed by atoms with Crippen LogP contribution in [0, 0.1) is 0 Å². The van der Waals surface area contributed by atoms with E-state index in [1.165, 1.54) is 38.6 Å². The van der Waals surface area contributed by atoms with Crippen LogP contribution in [0.3, 0.4) is 0 Å². The molecule has 1 nitrogen and oxygen atoms in total. The van der Waals surface area contributed by atoms with E-state index in [0.717, 1.165) is 6.04 Å². The summed E-state index contributed by atoms with van der Waals surface area (Å²) in [6.07, 6.45) is 7.07. The first-order valence-corrected chi connectivity index (χ1v) is 4.17. The first kappa shape index (κ1) is 7.07. The lowest BCUT2D eigenvalue weighted by molar-refractivity contribution is 0.627. The van der Waals surface area contributed by atoms with Crippen LogP contribution in [0.5, 0.6) is 0 Å². The molecule has 1 atom stereocenters. The Hall–Kier alpha value is -0.0400. The largest absolute Gasteiger partial charge is 0.311 e. The van der Waals surface area contributed by atoms with Gasteiger partial charge in [-0.05, 0) is 6.42 Å². The summed E-state index contributed by atoms with van der Waals surface area (Å²) >= 11 is 0. The number of hydrogen-bond acceptors (Lipinski definition) is 1. The van der Waals surface area contributed by atoms with Gasteiger partial charge in [0.15, 0.2) is 0 Å². The highest BCUT2D eigenvalue weighted by atomic mass is 15.1. The molecule has 0 saturated carbocycles. The average Bonchev–Trinajstić information content (AvgIpc) is 2.63. The summed E-state index contributed by atoms with van der Waals surface area (Å²) < 4.78 is 0. The highest BCUT2D eigenvalue weighted by Gasteiger charge is 2.17. The first-order valence-electron chi connectivity index (χ1n) is 4.17. The van der Waals surface area contributed by atoms with Gasteiger partial charge in [-0.25, -0.2) is 0 Å². The summed E-state index contributed by atoms with van der Waals surface area (Å²) in [7, 11) is 0. The van der Waals surface area contributed by atoms with Gasteiger partial charge in [-0.15, -0.1) is 0 Å². The molecule has 1 heteroatoms. The van der Waals surface area contributed by atoms with Crippen molar-refractivity contribution in [1.82, 2.24) is 5.32 Å². The van der Waals surface area contributed by atoms with Crippen molar-refractivity contribution < 1.29 is 0 Å². The molecular formula is C8H17N. The lowest BCUT2D eigenvalue weighted by Gasteiger charge is -1.94. The molecule has 1 aliphatic rings. The second-order valence-electron chi connectivity index (χ2n) is 2.95. The van der Waals surface area contributed by atoms with Gasteiger partial charge in [0.2, 0.25) is 0 Å². The fraction of sp³-hybridized carbons (Fsp3) is 1.00. The van der Waals surface area contributed by atoms with Crippen LogP contribution in [0.15, 0.2) is 0 Å². The van der Waals surface area contributed by atoms with Crippen LogP contribution < -0.4 is 5.32 Å². The molecule has 1 fully saturated rings. The number of hydrogen-bond donors (Lipinski definition) is 1. The van der Waals surface area contributed by atoms with Gasteiger partial charge in [0.25, 0.3) is 0 Å². The molecule has 0 radical (unpaired) electrons. The highest BCUT2D eigenvalue weighted by molar-refractivity contribution is 4.82. The van der Waals surface area contributed by atoms with Crippen LogP contribution >= 0.6 is 0 Å². The van der Waals surface area contributed by atoms with Crippen molar-refractivity contribution in [2.45, 2.75) is 45.1 Å². The first-order chi connectivity index (χ1) is 4.43. The molecule has 1 heterocycles. The van der Waals surface area contributed by atoms with E-state index in [0.29, 0.717) is 0 Å². The summed E-state index contributed by atoms with van der Waals surface area (Å²) in [4.78, 5) is 0. The Balaban J connectivity index is 1.71. The zero-order valence-electron chi connectivity index (χ0n) is 6.32. The lowest BCUT2D eigenvalue weighted by Crippen LogP contribution is -1.89. The van der Waals surface area contributed by atoms with Gasteiger partial charge in [-0.3, -0.25) is 0 Å². The van der Waals surface area contributed by atoms with Crippen molar-refractivity contribution >= 4 is 0 Å². The molecule has 1 N–H and O–H groups in total. The predicted molar refractivity (Wildman–Crippen MR) is 40.5 cm³/mol. The molecule has 0 spiro atoms. The standard InChI is InChI=1S/C8H17N/c1-2-3-4-5-6-8-7-9-8/h8-9H,2-7H2,1H3. The monoisotopic (exact) mass is 127 g/mol. The molecule has 0 aromatic heterocycles. The predicted octanol–water partition coefficient (Wildman–Crippen LogP) is 1.93. The molecule has 1 rings (SSSR count). The lowest BCUT2D eigenvalue weighted by atomic mass is 10.1. The number of rotatable bonds is 5. The molecule has 0 aliphatic carbocycles. The Bertz CT molecular complexity index is 67.0. The minimum absolute atomic E-state index is 0.904. The van der Waals surface area contributed by atoms with E-state index in [1.807, 2.05) is 0 Å². The van der Waals surface area contributed by atoms with Gasteiger partial charge in [-0.2, -0.15) is 0 Å². The second-order valence-corrected chi connectivity index (χ2v) is 2.95. The van der Waals surface area contributed by atoms with Crippen molar-refractivity contribution in [3.05, 3.63) is 0 Å². The van der Waals surface area contributed by atoms with Crippen molar-refractivity contribution in [3.8, 4) is 0 Å². The van der Waals surface area contributed by atoms with Crippen molar-refractivity contribution in [2.24, 2.45) is 0 Å². The van der Waals surface area contributed by atoms with E-state index in [4.69, 9.17) is 0 Å². The van der Waals surface area contributed by atoms with Gasteiger partial charge in [0.1, 0.15) is 0 Å². The molecule has 0 amide bonds. The zero-order valence-corrected chi connectivity index (χ0v) is 6.32. The summed E-state index contributed by atoms with van der Waals surface area (Å²) in [5, 5.41) is 3.31. The van der Waals surface area contributed by atoms with Crippen LogP contribution in [0.4, 0.5) is 0 Å². The maximum atomic E-state index is 3.31. The summed E-state index contributed by atoms with van der Waals surface area (Å²) in [6.45, 7) is 3.54. The smallest absolute Gasteiger partial charge is 0.0193 e. The molecule has 54 valence electrons. The maximum absolute atomic E-state index is 3.31. The Morgan fingerprint density at radius 3 is 2.67 bits per heavy atom. The van der Waals surface area contributed by atoms with Crippen LogP contribution in [0.25, 0.3) is 0 Å².